The highest BCUT2D eigenvalue weighted by Gasteiger charge is 2.18. The molecule has 0 radical (unpaired) electrons. The van der Waals surface area contributed by atoms with Crippen LogP contribution in [0.3, 0.4) is 0 Å². The highest BCUT2D eigenvalue weighted by Crippen LogP contribution is 2.30. The lowest BCUT2D eigenvalue weighted by atomic mass is 9.86. The molecule has 102 valence electrons. The van der Waals surface area contributed by atoms with Crippen molar-refractivity contribution in [1.82, 2.24) is 5.32 Å². The number of rotatable bonds is 2. The van der Waals surface area contributed by atoms with Gasteiger partial charge in [0.05, 0.1) is 0 Å². The number of amides is 1. The third kappa shape index (κ3) is 3.60. The SMILES string of the molecule is CC(C)(C)c1ccc(/C=C/[C@H]2CCC(=O)N2)cc1Cl. The first-order chi connectivity index (χ1) is 8.86. The maximum atomic E-state index is 11.1. The van der Waals surface area contributed by atoms with E-state index in [1.807, 2.05) is 18.2 Å². The van der Waals surface area contributed by atoms with E-state index in [1.54, 1.807) is 0 Å². The number of carbonyl (C=O) groups excluding carboxylic acids is 1. The van der Waals surface area contributed by atoms with Gasteiger partial charge in [0.1, 0.15) is 0 Å². The molecule has 19 heavy (non-hydrogen) atoms. The van der Waals surface area contributed by atoms with Crippen molar-refractivity contribution < 1.29 is 4.79 Å². The lowest BCUT2D eigenvalue weighted by Crippen LogP contribution is -2.22. The van der Waals surface area contributed by atoms with Crippen molar-refractivity contribution in [2.45, 2.75) is 45.1 Å². The van der Waals surface area contributed by atoms with E-state index in [0.717, 1.165) is 22.6 Å². The molecule has 3 heteroatoms. The molecule has 0 aliphatic carbocycles. The molecule has 1 aromatic carbocycles. The summed E-state index contributed by atoms with van der Waals surface area (Å²) in [4.78, 5) is 11.1. The van der Waals surface area contributed by atoms with Crippen molar-refractivity contribution in [3.05, 3.63) is 40.4 Å². The second-order valence-electron chi connectivity index (χ2n) is 6.06. The first-order valence-electron chi connectivity index (χ1n) is 6.64. The molecule has 2 rings (SSSR count). The monoisotopic (exact) mass is 277 g/mol. The van der Waals surface area contributed by atoms with E-state index < -0.39 is 0 Å². The Morgan fingerprint density at radius 1 is 1.37 bits per heavy atom. The average molecular weight is 278 g/mol. The van der Waals surface area contributed by atoms with Crippen LogP contribution in [-0.4, -0.2) is 11.9 Å². The molecule has 1 aliphatic heterocycles. The van der Waals surface area contributed by atoms with Gasteiger partial charge in [0.25, 0.3) is 0 Å². The molecule has 1 aromatic rings. The Hall–Kier alpha value is -1.28. The predicted octanol–water partition coefficient (Wildman–Crippen LogP) is 3.93. The minimum Gasteiger partial charge on any atom is -0.350 e. The van der Waals surface area contributed by atoms with Gasteiger partial charge in [-0.1, -0.05) is 56.7 Å². The van der Waals surface area contributed by atoms with E-state index in [1.165, 1.54) is 0 Å². The summed E-state index contributed by atoms with van der Waals surface area (Å²) in [5.74, 6) is 0.135. The molecular weight excluding hydrogens is 258 g/mol. The van der Waals surface area contributed by atoms with Crippen molar-refractivity contribution >= 4 is 23.6 Å². The number of benzene rings is 1. The number of hydrogen-bond donors (Lipinski definition) is 1. The normalized spacial score (nSPS) is 20.0. The summed E-state index contributed by atoms with van der Waals surface area (Å²) < 4.78 is 0. The summed E-state index contributed by atoms with van der Waals surface area (Å²) >= 11 is 6.33. The maximum absolute atomic E-state index is 11.1. The van der Waals surface area contributed by atoms with Crippen LogP contribution in [0.5, 0.6) is 0 Å². The van der Waals surface area contributed by atoms with Crippen LogP contribution in [0.4, 0.5) is 0 Å². The third-order valence-corrected chi connectivity index (χ3v) is 3.66. The van der Waals surface area contributed by atoms with Crippen LogP contribution in [0, 0.1) is 0 Å². The first-order valence-corrected chi connectivity index (χ1v) is 7.01. The van der Waals surface area contributed by atoms with Crippen LogP contribution in [-0.2, 0) is 10.2 Å². The Kier molecular flexibility index (Phi) is 4.00. The van der Waals surface area contributed by atoms with Gasteiger partial charge in [0.15, 0.2) is 0 Å². The molecule has 1 N–H and O–H groups in total. The van der Waals surface area contributed by atoms with Gasteiger partial charge >= 0.3 is 0 Å². The zero-order valence-corrected chi connectivity index (χ0v) is 12.4. The lowest BCUT2D eigenvalue weighted by molar-refractivity contribution is -0.119. The van der Waals surface area contributed by atoms with Crippen molar-refractivity contribution in [2.24, 2.45) is 0 Å². The Morgan fingerprint density at radius 3 is 2.63 bits per heavy atom. The number of halogens is 1. The summed E-state index contributed by atoms with van der Waals surface area (Å²) in [5.41, 5.74) is 2.28. The zero-order valence-electron chi connectivity index (χ0n) is 11.7. The molecule has 0 saturated carbocycles. The molecule has 1 amide bonds. The fraction of sp³-hybridized carbons (Fsp3) is 0.438. The van der Waals surface area contributed by atoms with Crippen molar-refractivity contribution in [2.75, 3.05) is 0 Å². The molecule has 1 atom stereocenters. The van der Waals surface area contributed by atoms with E-state index in [2.05, 4.69) is 38.2 Å². The van der Waals surface area contributed by atoms with E-state index in [9.17, 15) is 4.79 Å². The molecule has 0 spiro atoms. The molecule has 0 unspecified atom stereocenters. The summed E-state index contributed by atoms with van der Waals surface area (Å²) in [6.07, 6.45) is 5.56. The Morgan fingerprint density at radius 2 is 2.11 bits per heavy atom. The van der Waals surface area contributed by atoms with Crippen LogP contribution in [0.2, 0.25) is 5.02 Å². The second-order valence-corrected chi connectivity index (χ2v) is 6.47. The van der Waals surface area contributed by atoms with Gasteiger partial charge in [-0.15, -0.1) is 0 Å². The summed E-state index contributed by atoms with van der Waals surface area (Å²) in [6.45, 7) is 6.45. The van der Waals surface area contributed by atoms with E-state index in [0.29, 0.717) is 6.42 Å². The second kappa shape index (κ2) is 5.38. The highest BCUT2D eigenvalue weighted by atomic mass is 35.5. The standard InChI is InChI=1S/C16H20ClNO/c1-16(2,3)13-8-5-11(10-14(13)17)4-6-12-7-9-15(19)18-12/h4-6,8,10,12H,7,9H2,1-3H3,(H,18,19)/b6-4+/t12-/m0/s1. The minimum absolute atomic E-state index is 0.0543. The first kappa shape index (κ1) is 14.1. The molecular formula is C16H20ClNO. The Labute approximate surface area is 119 Å². The maximum Gasteiger partial charge on any atom is 0.220 e. The summed E-state index contributed by atoms with van der Waals surface area (Å²) in [5, 5.41) is 3.71. The van der Waals surface area contributed by atoms with E-state index in [-0.39, 0.29) is 17.4 Å². The number of carbonyl (C=O) groups is 1. The number of hydrogen-bond acceptors (Lipinski definition) is 1. The van der Waals surface area contributed by atoms with Crippen molar-refractivity contribution in [1.29, 1.82) is 0 Å². The average Bonchev–Trinajstić information content (AvgIpc) is 2.71. The van der Waals surface area contributed by atoms with Gasteiger partial charge in [0, 0.05) is 17.5 Å². The minimum atomic E-state index is 0.0543. The molecule has 1 aliphatic rings. The quantitative estimate of drug-likeness (QED) is 0.872. The highest BCUT2D eigenvalue weighted by molar-refractivity contribution is 6.31. The van der Waals surface area contributed by atoms with Crippen LogP contribution in [0.1, 0.15) is 44.7 Å². The fourth-order valence-corrected chi connectivity index (χ4v) is 2.73. The molecule has 1 saturated heterocycles. The van der Waals surface area contributed by atoms with E-state index >= 15 is 0 Å². The molecule has 1 fully saturated rings. The van der Waals surface area contributed by atoms with Gasteiger partial charge in [-0.3, -0.25) is 4.79 Å². The molecule has 2 nitrogen and oxygen atoms in total. The Bertz CT molecular complexity index is 514. The lowest BCUT2D eigenvalue weighted by Gasteiger charge is -2.20. The van der Waals surface area contributed by atoms with Gasteiger partial charge in [-0.05, 0) is 29.0 Å². The summed E-state index contributed by atoms with van der Waals surface area (Å²) in [6, 6.07) is 6.29. The van der Waals surface area contributed by atoms with E-state index in [4.69, 9.17) is 11.6 Å². The van der Waals surface area contributed by atoms with Crippen LogP contribution in [0.15, 0.2) is 24.3 Å². The largest absolute Gasteiger partial charge is 0.350 e. The van der Waals surface area contributed by atoms with Crippen molar-refractivity contribution in [3.63, 3.8) is 0 Å². The molecule has 1 heterocycles. The van der Waals surface area contributed by atoms with Gasteiger partial charge in [-0.2, -0.15) is 0 Å². The smallest absolute Gasteiger partial charge is 0.220 e. The molecule has 0 bridgehead atoms. The topological polar surface area (TPSA) is 29.1 Å². The van der Waals surface area contributed by atoms with Crippen molar-refractivity contribution in [3.8, 4) is 0 Å². The number of nitrogens with one attached hydrogen (secondary N) is 1. The Balaban J connectivity index is 2.12. The third-order valence-electron chi connectivity index (χ3n) is 3.35. The van der Waals surface area contributed by atoms with Gasteiger partial charge in [-0.25, -0.2) is 0 Å². The zero-order chi connectivity index (χ0) is 14.0. The van der Waals surface area contributed by atoms with Crippen LogP contribution in [0.25, 0.3) is 6.08 Å². The van der Waals surface area contributed by atoms with Gasteiger partial charge in [0.2, 0.25) is 5.91 Å². The van der Waals surface area contributed by atoms with Crippen LogP contribution >= 0.6 is 11.6 Å². The summed E-state index contributed by atoms with van der Waals surface area (Å²) in [7, 11) is 0. The van der Waals surface area contributed by atoms with Crippen LogP contribution < -0.4 is 5.32 Å². The molecule has 0 aromatic heterocycles. The van der Waals surface area contributed by atoms with Gasteiger partial charge < -0.3 is 5.32 Å². The fourth-order valence-electron chi connectivity index (χ4n) is 2.25. The predicted molar refractivity (Wildman–Crippen MR) is 80.4 cm³/mol.